The summed E-state index contributed by atoms with van der Waals surface area (Å²) in [6.45, 7) is 1.44. The van der Waals surface area contributed by atoms with Crippen LogP contribution in [0, 0.1) is 0 Å². The molecule has 0 unspecified atom stereocenters. The van der Waals surface area contributed by atoms with Gasteiger partial charge in [0, 0.05) is 24.4 Å². The maximum atomic E-state index is 6.01. The molecule has 0 bridgehead atoms. The van der Waals surface area contributed by atoms with Gasteiger partial charge in [0.05, 0.1) is 0 Å². The van der Waals surface area contributed by atoms with Crippen LogP contribution in [-0.2, 0) is 19.8 Å². The molecular weight excluding hydrogens is 372 g/mol. The molecule has 4 heteroatoms. The summed E-state index contributed by atoms with van der Waals surface area (Å²) in [7, 11) is 0. The fraction of sp³-hybridized carbons (Fsp3) is 0.115. The molecule has 0 saturated heterocycles. The predicted octanol–water partition coefficient (Wildman–Crippen LogP) is 5.37. The Bertz CT molecular complexity index is 1070. The molecule has 0 atom stereocenters. The summed E-state index contributed by atoms with van der Waals surface area (Å²) >= 11 is 0. The van der Waals surface area contributed by atoms with Crippen molar-refractivity contribution in [1.82, 2.24) is 4.98 Å². The number of nitrogens with zero attached hydrogens (tertiary/aromatic N) is 1. The van der Waals surface area contributed by atoms with E-state index in [1.54, 1.807) is 0 Å². The Morgan fingerprint density at radius 2 is 1.37 bits per heavy atom. The normalized spacial score (nSPS) is 10.6. The zero-order valence-electron chi connectivity index (χ0n) is 16.7. The maximum absolute atomic E-state index is 6.01. The molecular formula is C26H24N2O2. The van der Waals surface area contributed by atoms with E-state index in [-0.39, 0.29) is 0 Å². The fourth-order valence-corrected chi connectivity index (χ4v) is 3.21. The Morgan fingerprint density at radius 3 is 1.97 bits per heavy atom. The number of nitrogens with two attached hydrogens (primary N) is 1. The van der Waals surface area contributed by atoms with Crippen molar-refractivity contribution in [3.8, 4) is 22.8 Å². The average Bonchev–Trinajstić information content (AvgIpc) is 2.83. The first-order valence-corrected chi connectivity index (χ1v) is 9.95. The SMILES string of the molecule is NCc1cc(OCc2ccccc2)ccc1-c1ccc(OCc2ccccc2)nc1. The highest BCUT2D eigenvalue weighted by Gasteiger charge is 2.08. The van der Waals surface area contributed by atoms with Crippen molar-refractivity contribution in [2.24, 2.45) is 5.73 Å². The molecule has 3 aromatic carbocycles. The number of hydrogen-bond acceptors (Lipinski definition) is 4. The molecule has 1 heterocycles. The minimum absolute atomic E-state index is 0.421. The van der Waals surface area contributed by atoms with Gasteiger partial charge >= 0.3 is 0 Å². The molecule has 0 amide bonds. The highest BCUT2D eigenvalue weighted by molar-refractivity contribution is 5.68. The van der Waals surface area contributed by atoms with Gasteiger partial charge in [0.15, 0.2) is 0 Å². The zero-order chi connectivity index (χ0) is 20.6. The molecule has 30 heavy (non-hydrogen) atoms. The molecule has 4 rings (SSSR count). The summed E-state index contributed by atoms with van der Waals surface area (Å²) in [5.41, 5.74) is 11.3. The van der Waals surface area contributed by atoms with E-state index in [4.69, 9.17) is 15.2 Å². The van der Waals surface area contributed by atoms with Crippen LogP contribution in [-0.4, -0.2) is 4.98 Å². The monoisotopic (exact) mass is 396 g/mol. The summed E-state index contributed by atoms with van der Waals surface area (Å²) in [4.78, 5) is 4.45. The van der Waals surface area contributed by atoms with Crippen molar-refractivity contribution >= 4 is 0 Å². The average molecular weight is 396 g/mol. The predicted molar refractivity (Wildman–Crippen MR) is 119 cm³/mol. The van der Waals surface area contributed by atoms with E-state index in [0.29, 0.717) is 25.6 Å². The third kappa shape index (κ3) is 5.04. The molecule has 2 N–H and O–H groups in total. The van der Waals surface area contributed by atoms with Crippen LogP contribution in [0.2, 0.25) is 0 Å². The molecule has 0 aliphatic carbocycles. The van der Waals surface area contributed by atoms with Gasteiger partial charge in [-0.25, -0.2) is 4.98 Å². The second-order valence-corrected chi connectivity index (χ2v) is 6.96. The topological polar surface area (TPSA) is 57.4 Å². The zero-order valence-corrected chi connectivity index (χ0v) is 16.7. The maximum Gasteiger partial charge on any atom is 0.213 e. The Balaban J connectivity index is 1.43. The van der Waals surface area contributed by atoms with Gasteiger partial charge in [0.1, 0.15) is 19.0 Å². The summed E-state index contributed by atoms with van der Waals surface area (Å²) in [6.07, 6.45) is 1.82. The van der Waals surface area contributed by atoms with Crippen LogP contribution >= 0.6 is 0 Å². The lowest BCUT2D eigenvalue weighted by Crippen LogP contribution is -2.02. The molecule has 1 aromatic heterocycles. The lowest BCUT2D eigenvalue weighted by molar-refractivity contribution is 0.294. The van der Waals surface area contributed by atoms with Crippen LogP contribution < -0.4 is 15.2 Å². The molecule has 0 fully saturated rings. The van der Waals surface area contributed by atoms with Gasteiger partial charge in [-0.1, -0.05) is 66.7 Å². The van der Waals surface area contributed by atoms with Gasteiger partial charge in [-0.15, -0.1) is 0 Å². The number of benzene rings is 3. The Hall–Kier alpha value is -3.63. The molecule has 0 aliphatic heterocycles. The molecule has 0 saturated carbocycles. The molecule has 4 aromatic rings. The van der Waals surface area contributed by atoms with Crippen LogP contribution in [0.3, 0.4) is 0 Å². The van der Waals surface area contributed by atoms with Gasteiger partial charge < -0.3 is 15.2 Å². The van der Waals surface area contributed by atoms with Gasteiger partial charge in [-0.2, -0.15) is 0 Å². The van der Waals surface area contributed by atoms with E-state index >= 15 is 0 Å². The Kier molecular flexibility index (Phi) is 6.38. The van der Waals surface area contributed by atoms with Gasteiger partial charge in [-0.3, -0.25) is 0 Å². The summed E-state index contributed by atoms with van der Waals surface area (Å²) in [6, 6.07) is 30.0. The van der Waals surface area contributed by atoms with Crippen molar-refractivity contribution < 1.29 is 9.47 Å². The van der Waals surface area contributed by atoms with Crippen molar-refractivity contribution in [1.29, 1.82) is 0 Å². The number of hydrogen-bond donors (Lipinski definition) is 1. The minimum Gasteiger partial charge on any atom is -0.489 e. The first-order chi connectivity index (χ1) is 14.8. The molecule has 4 nitrogen and oxygen atoms in total. The molecule has 0 aliphatic rings. The second kappa shape index (κ2) is 9.72. The number of ether oxygens (including phenoxy) is 2. The minimum atomic E-state index is 0.421. The lowest BCUT2D eigenvalue weighted by Gasteiger charge is -2.12. The van der Waals surface area contributed by atoms with Crippen LogP contribution in [0.15, 0.2) is 97.2 Å². The van der Waals surface area contributed by atoms with Crippen molar-refractivity contribution in [2.75, 3.05) is 0 Å². The first kappa shape index (κ1) is 19.7. The van der Waals surface area contributed by atoms with Crippen LogP contribution in [0.5, 0.6) is 11.6 Å². The Labute approximate surface area is 176 Å². The smallest absolute Gasteiger partial charge is 0.213 e. The second-order valence-electron chi connectivity index (χ2n) is 6.96. The standard InChI is InChI=1S/C26H24N2O2/c27-16-23-15-24(29-18-20-7-3-1-4-8-20)12-13-25(23)22-11-14-26(28-17-22)30-19-21-9-5-2-6-10-21/h1-15,17H,16,18-19,27H2. The number of rotatable bonds is 8. The van der Waals surface area contributed by atoms with E-state index < -0.39 is 0 Å². The molecule has 150 valence electrons. The van der Waals surface area contributed by atoms with E-state index in [1.807, 2.05) is 97.2 Å². The first-order valence-electron chi connectivity index (χ1n) is 9.95. The van der Waals surface area contributed by atoms with Crippen molar-refractivity contribution in [2.45, 2.75) is 19.8 Å². The largest absolute Gasteiger partial charge is 0.489 e. The Morgan fingerprint density at radius 1 is 0.700 bits per heavy atom. The number of pyridine rings is 1. The van der Waals surface area contributed by atoms with E-state index in [1.165, 1.54) is 0 Å². The van der Waals surface area contributed by atoms with Crippen molar-refractivity contribution in [3.05, 3.63) is 114 Å². The highest BCUT2D eigenvalue weighted by Crippen LogP contribution is 2.28. The van der Waals surface area contributed by atoms with Crippen molar-refractivity contribution in [3.63, 3.8) is 0 Å². The third-order valence-electron chi connectivity index (χ3n) is 4.82. The quantitative estimate of drug-likeness (QED) is 0.435. The van der Waals surface area contributed by atoms with Gasteiger partial charge in [-0.05, 0) is 40.5 Å². The molecule has 0 spiro atoms. The number of aromatic nitrogens is 1. The van der Waals surface area contributed by atoms with E-state index in [9.17, 15) is 0 Å². The van der Waals surface area contributed by atoms with Crippen LogP contribution in [0.1, 0.15) is 16.7 Å². The third-order valence-corrected chi connectivity index (χ3v) is 4.82. The lowest BCUT2D eigenvalue weighted by atomic mass is 10.0. The van der Waals surface area contributed by atoms with Crippen LogP contribution in [0.4, 0.5) is 0 Å². The van der Waals surface area contributed by atoms with Gasteiger partial charge in [0.25, 0.3) is 0 Å². The summed E-state index contributed by atoms with van der Waals surface area (Å²) < 4.78 is 11.7. The fourth-order valence-electron chi connectivity index (χ4n) is 3.21. The highest BCUT2D eigenvalue weighted by atomic mass is 16.5. The summed E-state index contributed by atoms with van der Waals surface area (Å²) in [5, 5.41) is 0. The summed E-state index contributed by atoms with van der Waals surface area (Å²) in [5.74, 6) is 1.40. The van der Waals surface area contributed by atoms with Gasteiger partial charge in [0.2, 0.25) is 5.88 Å². The molecule has 0 radical (unpaired) electrons. The van der Waals surface area contributed by atoms with Crippen LogP contribution in [0.25, 0.3) is 11.1 Å². The van der Waals surface area contributed by atoms with E-state index in [2.05, 4.69) is 4.98 Å². The van der Waals surface area contributed by atoms with E-state index in [0.717, 1.165) is 33.6 Å².